The topological polar surface area (TPSA) is 156 Å². The number of rotatable bonds is 8. The Hall–Kier alpha value is -4.33. The fraction of sp³-hybridized carbons (Fsp3) is 0.250. The maximum Gasteiger partial charge on any atom is 0.332 e. The van der Waals surface area contributed by atoms with Crippen molar-refractivity contribution >= 4 is 23.6 Å². The Kier molecular flexibility index (Phi) is 7.35. The molecule has 0 aliphatic heterocycles. The molecule has 0 aliphatic carbocycles. The van der Waals surface area contributed by atoms with Crippen molar-refractivity contribution in [2.75, 3.05) is 26.1 Å². The largest absolute Gasteiger partial charge is 0.493 e. The number of anilines is 1. The van der Waals surface area contributed by atoms with E-state index in [9.17, 15) is 19.2 Å². The Morgan fingerprint density at radius 1 is 1.19 bits per heavy atom. The molecule has 0 saturated heterocycles. The van der Waals surface area contributed by atoms with Gasteiger partial charge in [-0.2, -0.15) is 5.26 Å². The number of ether oxygens (including phenoxy) is 3. The van der Waals surface area contributed by atoms with Gasteiger partial charge in [-0.1, -0.05) is 6.07 Å². The summed E-state index contributed by atoms with van der Waals surface area (Å²) < 4.78 is 16.9. The van der Waals surface area contributed by atoms with Crippen molar-refractivity contribution in [3.8, 4) is 17.6 Å². The van der Waals surface area contributed by atoms with Crippen LogP contribution in [-0.4, -0.2) is 41.2 Å². The molecule has 1 heterocycles. The molecule has 0 bridgehead atoms. The molecule has 0 atom stereocenters. The van der Waals surface area contributed by atoms with Gasteiger partial charge in [-0.15, -0.1) is 0 Å². The summed E-state index contributed by atoms with van der Waals surface area (Å²) in [6, 6.07) is 6.62. The van der Waals surface area contributed by atoms with Crippen LogP contribution in [0.5, 0.6) is 11.5 Å². The molecule has 1 aromatic heterocycles. The lowest BCUT2D eigenvalue weighted by molar-refractivity contribution is -0.136. The van der Waals surface area contributed by atoms with Crippen molar-refractivity contribution < 1.29 is 23.8 Å². The highest BCUT2D eigenvalue weighted by Crippen LogP contribution is 2.28. The summed E-state index contributed by atoms with van der Waals surface area (Å²) in [6.45, 7) is -0.875. The SMILES string of the molecule is COc1cc(/C=C/C(=O)OCC(=O)c2c(N)n(C)c(=O)n(C)c2=O)ccc1OCC#N. The zero-order chi connectivity index (χ0) is 23.1. The number of Topliss-reactive ketones (excluding diaryl/α,β-unsaturated/α-hetero) is 1. The molecule has 31 heavy (non-hydrogen) atoms. The normalized spacial score (nSPS) is 10.5. The van der Waals surface area contributed by atoms with E-state index in [-0.39, 0.29) is 12.4 Å². The lowest BCUT2D eigenvalue weighted by Gasteiger charge is -2.10. The van der Waals surface area contributed by atoms with Gasteiger partial charge in [0.15, 0.2) is 24.7 Å². The van der Waals surface area contributed by atoms with E-state index >= 15 is 0 Å². The molecule has 2 aromatic rings. The number of ketones is 1. The molecule has 2 rings (SSSR count). The number of methoxy groups -OCH3 is 1. The number of carbonyl (C=O) groups excluding carboxylic acids is 2. The quantitative estimate of drug-likeness (QED) is 0.348. The van der Waals surface area contributed by atoms with Gasteiger partial charge in [0.25, 0.3) is 5.56 Å². The summed E-state index contributed by atoms with van der Waals surface area (Å²) in [5.41, 5.74) is 4.28. The van der Waals surface area contributed by atoms with E-state index in [0.717, 1.165) is 15.2 Å². The highest BCUT2D eigenvalue weighted by Gasteiger charge is 2.21. The van der Waals surface area contributed by atoms with Crippen molar-refractivity contribution in [3.63, 3.8) is 0 Å². The Morgan fingerprint density at radius 2 is 1.90 bits per heavy atom. The van der Waals surface area contributed by atoms with Crippen molar-refractivity contribution in [1.29, 1.82) is 5.26 Å². The van der Waals surface area contributed by atoms with Crippen LogP contribution in [0.2, 0.25) is 0 Å². The smallest absolute Gasteiger partial charge is 0.332 e. The summed E-state index contributed by atoms with van der Waals surface area (Å²) in [6.07, 6.45) is 2.50. The van der Waals surface area contributed by atoms with E-state index in [0.29, 0.717) is 17.1 Å². The van der Waals surface area contributed by atoms with Crippen LogP contribution in [0, 0.1) is 11.3 Å². The summed E-state index contributed by atoms with van der Waals surface area (Å²) in [5, 5.41) is 8.58. The van der Waals surface area contributed by atoms with Crippen molar-refractivity contribution in [3.05, 3.63) is 56.2 Å². The summed E-state index contributed by atoms with van der Waals surface area (Å²) in [4.78, 5) is 48.2. The van der Waals surface area contributed by atoms with Gasteiger partial charge >= 0.3 is 11.7 Å². The number of hydrogen-bond donors (Lipinski definition) is 1. The first-order valence-electron chi connectivity index (χ1n) is 8.82. The number of aromatic nitrogens is 2. The number of nitriles is 1. The predicted molar refractivity (Wildman–Crippen MR) is 110 cm³/mol. The molecule has 2 N–H and O–H groups in total. The van der Waals surface area contributed by atoms with Crippen LogP contribution in [0.25, 0.3) is 6.08 Å². The first kappa shape index (κ1) is 23.0. The van der Waals surface area contributed by atoms with Gasteiger partial charge in [0.2, 0.25) is 5.78 Å². The fourth-order valence-electron chi connectivity index (χ4n) is 2.56. The van der Waals surface area contributed by atoms with E-state index in [4.69, 9.17) is 25.2 Å². The van der Waals surface area contributed by atoms with Gasteiger partial charge in [-0.3, -0.25) is 18.7 Å². The Bertz CT molecular complexity index is 1200. The van der Waals surface area contributed by atoms with Crippen LogP contribution in [0.1, 0.15) is 15.9 Å². The zero-order valence-electron chi connectivity index (χ0n) is 17.1. The molecular weight excluding hydrogens is 408 g/mol. The van der Waals surface area contributed by atoms with E-state index < -0.39 is 35.2 Å². The minimum absolute atomic E-state index is 0.144. The van der Waals surface area contributed by atoms with Gasteiger partial charge in [-0.25, -0.2) is 9.59 Å². The van der Waals surface area contributed by atoms with Crippen LogP contribution in [0.4, 0.5) is 5.82 Å². The predicted octanol–water partition coefficient (Wildman–Crippen LogP) is 0.0165. The Morgan fingerprint density at radius 3 is 2.55 bits per heavy atom. The van der Waals surface area contributed by atoms with E-state index in [1.165, 1.54) is 27.3 Å². The van der Waals surface area contributed by atoms with Crippen molar-refractivity contribution in [2.24, 2.45) is 14.1 Å². The average molecular weight is 428 g/mol. The molecule has 11 heteroatoms. The monoisotopic (exact) mass is 428 g/mol. The first-order chi connectivity index (χ1) is 14.7. The average Bonchev–Trinajstić information content (AvgIpc) is 2.77. The Labute approximate surface area is 176 Å². The first-order valence-corrected chi connectivity index (χ1v) is 8.82. The molecule has 0 saturated carbocycles. The van der Waals surface area contributed by atoms with Crippen LogP contribution >= 0.6 is 0 Å². The maximum atomic E-state index is 12.3. The summed E-state index contributed by atoms with van der Waals surface area (Å²) in [5.74, 6) is -1.25. The minimum Gasteiger partial charge on any atom is -0.493 e. The fourth-order valence-corrected chi connectivity index (χ4v) is 2.56. The lowest BCUT2D eigenvalue weighted by Crippen LogP contribution is -2.42. The molecule has 162 valence electrons. The van der Waals surface area contributed by atoms with E-state index in [1.807, 2.05) is 6.07 Å². The number of nitrogen functional groups attached to an aromatic ring is 1. The molecule has 0 fully saturated rings. The highest BCUT2D eigenvalue weighted by atomic mass is 16.5. The van der Waals surface area contributed by atoms with Crippen molar-refractivity contribution in [2.45, 2.75) is 0 Å². The zero-order valence-corrected chi connectivity index (χ0v) is 17.1. The van der Waals surface area contributed by atoms with Crippen LogP contribution in [0.15, 0.2) is 33.9 Å². The molecule has 0 spiro atoms. The second kappa shape index (κ2) is 9.93. The second-order valence-corrected chi connectivity index (χ2v) is 6.19. The summed E-state index contributed by atoms with van der Waals surface area (Å²) >= 11 is 0. The minimum atomic E-state index is -0.872. The third-order valence-electron chi connectivity index (χ3n) is 4.23. The second-order valence-electron chi connectivity index (χ2n) is 6.19. The number of hydrogen-bond acceptors (Lipinski definition) is 9. The van der Waals surface area contributed by atoms with Gasteiger partial charge in [0.1, 0.15) is 17.5 Å². The highest BCUT2D eigenvalue weighted by molar-refractivity contribution is 6.01. The number of carbonyl (C=O) groups is 2. The van der Waals surface area contributed by atoms with Crippen LogP contribution in [-0.2, 0) is 23.6 Å². The molecule has 1 aromatic carbocycles. The van der Waals surface area contributed by atoms with Crippen LogP contribution < -0.4 is 26.5 Å². The molecule has 0 radical (unpaired) electrons. The molecule has 0 aliphatic rings. The Balaban J connectivity index is 2.08. The van der Waals surface area contributed by atoms with Gasteiger partial charge < -0.3 is 19.9 Å². The molecule has 0 amide bonds. The molecule has 0 unspecified atom stereocenters. The maximum absolute atomic E-state index is 12.3. The molecular formula is C20H20N4O7. The lowest BCUT2D eigenvalue weighted by atomic mass is 10.2. The van der Waals surface area contributed by atoms with Gasteiger partial charge in [0, 0.05) is 20.2 Å². The van der Waals surface area contributed by atoms with Gasteiger partial charge in [-0.05, 0) is 23.8 Å². The number of esters is 1. The number of nitrogens with zero attached hydrogens (tertiary/aromatic N) is 3. The number of nitrogens with two attached hydrogens (primary N) is 1. The van der Waals surface area contributed by atoms with Crippen LogP contribution in [0.3, 0.4) is 0 Å². The van der Waals surface area contributed by atoms with E-state index in [1.54, 1.807) is 18.2 Å². The van der Waals surface area contributed by atoms with Gasteiger partial charge in [0.05, 0.1) is 7.11 Å². The number of benzene rings is 1. The summed E-state index contributed by atoms with van der Waals surface area (Å²) in [7, 11) is 3.95. The van der Waals surface area contributed by atoms with Crippen molar-refractivity contribution in [1.82, 2.24) is 9.13 Å². The standard InChI is InChI=1S/C20H20N4O7/c1-23-18(22)17(19(27)24(2)20(23)28)13(25)11-31-16(26)7-5-12-4-6-14(30-9-8-21)15(10-12)29-3/h4-7,10H,9,11,22H2,1-3H3/b7-5+. The third-order valence-corrected chi connectivity index (χ3v) is 4.23. The van der Waals surface area contributed by atoms with E-state index in [2.05, 4.69) is 0 Å². The molecule has 11 nitrogen and oxygen atoms in total. The third kappa shape index (κ3) is 5.18.